The first-order chi connectivity index (χ1) is 12.1. The van der Waals surface area contributed by atoms with Gasteiger partial charge in [0.15, 0.2) is 11.9 Å². The Morgan fingerprint density at radius 3 is 1.92 bits per heavy atom. The van der Waals surface area contributed by atoms with Crippen molar-refractivity contribution in [2.45, 2.75) is 104 Å². The van der Waals surface area contributed by atoms with Gasteiger partial charge in [-0.25, -0.2) is 4.57 Å². The molecule has 0 saturated heterocycles. The highest BCUT2D eigenvalue weighted by Crippen LogP contribution is 2.10. The van der Waals surface area contributed by atoms with Crippen molar-refractivity contribution in [1.29, 1.82) is 0 Å². The maximum absolute atomic E-state index is 8.89. The lowest BCUT2D eigenvalue weighted by Crippen LogP contribution is -2.37. The van der Waals surface area contributed by atoms with Crippen LogP contribution in [0.15, 0.2) is 24.4 Å². The molecule has 1 rings (SSSR count). The van der Waals surface area contributed by atoms with Crippen LogP contribution in [0.2, 0.25) is 0 Å². The van der Waals surface area contributed by atoms with Crippen molar-refractivity contribution in [3.05, 3.63) is 30.1 Å². The third kappa shape index (κ3) is 15.9. The molecule has 0 amide bonds. The molecule has 0 bridgehead atoms. The topological polar surface area (TPSA) is 44.0 Å². The number of hydrogen-bond acceptors (Lipinski definition) is 2. The number of nitrogens with zero attached hydrogens (tertiary/aromatic N) is 1. The average molecular weight is 350 g/mol. The second-order valence-electron chi connectivity index (χ2n) is 6.81. The van der Waals surface area contributed by atoms with Crippen molar-refractivity contribution in [3.8, 4) is 0 Å². The van der Waals surface area contributed by atoms with Gasteiger partial charge in [0.05, 0.1) is 0 Å². The van der Waals surface area contributed by atoms with Gasteiger partial charge in [0, 0.05) is 30.9 Å². The van der Waals surface area contributed by atoms with Crippen LogP contribution in [0.4, 0.5) is 0 Å². The number of carboxylic acid groups (broad SMARTS) is 1. The molecular formula is C22H39NO2. The zero-order chi connectivity index (χ0) is 18.8. The quantitative estimate of drug-likeness (QED) is 0.386. The lowest BCUT2D eigenvalue weighted by molar-refractivity contribution is -0.704. The summed E-state index contributed by atoms with van der Waals surface area (Å²) in [5, 5.41) is 8.89. The first-order valence-corrected chi connectivity index (χ1v) is 10.3. The summed E-state index contributed by atoms with van der Waals surface area (Å²) in [6.07, 6.45) is 18.9. The molecule has 0 aliphatic carbocycles. The van der Waals surface area contributed by atoms with E-state index in [4.69, 9.17) is 9.90 Å². The van der Waals surface area contributed by atoms with E-state index in [0.29, 0.717) is 0 Å². The fourth-order valence-corrected chi connectivity index (χ4v) is 2.98. The number of carbonyl (C=O) groups is 1. The molecule has 0 atom stereocenters. The molecule has 1 aromatic rings. The highest BCUT2D eigenvalue weighted by Gasteiger charge is 2.07. The van der Waals surface area contributed by atoms with E-state index in [0.717, 1.165) is 6.92 Å². The molecule has 0 radical (unpaired) electrons. The average Bonchev–Trinajstić information content (AvgIpc) is 2.58. The van der Waals surface area contributed by atoms with Crippen molar-refractivity contribution in [3.63, 3.8) is 0 Å². The molecule has 1 aromatic heterocycles. The monoisotopic (exact) mass is 349 g/mol. The van der Waals surface area contributed by atoms with E-state index in [2.05, 4.69) is 42.8 Å². The maximum Gasteiger partial charge on any atom is 0.181 e. The van der Waals surface area contributed by atoms with E-state index >= 15 is 0 Å². The summed E-state index contributed by atoms with van der Waals surface area (Å²) in [6, 6.07) is 6.61. The van der Waals surface area contributed by atoms with Crippen molar-refractivity contribution in [2.24, 2.45) is 0 Å². The summed E-state index contributed by atoms with van der Waals surface area (Å²) in [5.74, 6) is -1.08. The summed E-state index contributed by atoms with van der Waals surface area (Å²) in [5.41, 5.74) is 1.50. The molecule has 25 heavy (non-hydrogen) atoms. The summed E-state index contributed by atoms with van der Waals surface area (Å²) >= 11 is 0. The van der Waals surface area contributed by atoms with Crippen LogP contribution in [0.25, 0.3) is 0 Å². The number of pyridine rings is 1. The Balaban J connectivity index is 0.00000129. The smallest absolute Gasteiger partial charge is 0.181 e. The largest absolute Gasteiger partial charge is 0.550 e. The minimum Gasteiger partial charge on any atom is -0.550 e. The van der Waals surface area contributed by atoms with Crippen LogP contribution in [-0.2, 0) is 17.8 Å². The zero-order valence-electron chi connectivity index (χ0n) is 16.8. The van der Waals surface area contributed by atoms with Crippen LogP contribution in [-0.4, -0.2) is 5.97 Å². The van der Waals surface area contributed by atoms with Gasteiger partial charge in [-0.05, 0) is 19.8 Å². The Morgan fingerprint density at radius 2 is 1.40 bits per heavy atom. The predicted molar refractivity (Wildman–Crippen MR) is 103 cm³/mol. The summed E-state index contributed by atoms with van der Waals surface area (Å²) in [7, 11) is 0. The van der Waals surface area contributed by atoms with Gasteiger partial charge in [0.2, 0.25) is 0 Å². The molecule has 3 heteroatoms. The van der Waals surface area contributed by atoms with E-state index in [9.17, 15) is 0 Å². The number of carboxylic acids is 1. The Kier molecular flexibility index (Phi) is 16.5. The van der Waals surface area contributed by atoms with Crippen molar-refractivity contribution in [1.82, 2.24) is 0 Å². The van der Waals surface area contributed by atoms with Gasteiger partial charge >= 0.3 is 0 Å². The summed E-state index contributed by atoms with van der Waals surface area (Å²) in [6.45, 7) is 6.72. The third-order valence-corrected chi connectivity index (χ3v) is 4.29. The minimum atomic E-state index is -1.08. The van der Waals surface area contributed by atoms with Crippen LogP contribution >= 0.6 is 0 Å². The van der Waals surface area contributed by atoms with E-state index in [-0.39, 0.29) is 0 Å². The van der Waals surface area contributed by atoms with Crippen molar-refractivity contribution >= 4 is 5.97 Å². The lowest BCUT2D eigenvalue weighted by atomic mass is 10.1. The van der Waals surface area contributed by atoms with Gasteiger partial charge in [-0.15, -0.1) is 0 Å². The van der Waals surface area contributed by atoms with Crippen LogP contribution in [0.3, 0.4) is 0 Å². The van der Waals surface area contributed by atoms with Crippen LogP contribution < -0.4 is 9.67 Å². The van der Waals surface area contributed by atoms with Crippen molar-refractivity contribution < 1.29 is 14.5 Å². The highest BCUT2D eigenvalue weighted by atomic mass is 16.4. The molecule has 0 aromatic carbocycles. The number of hydrogen-bond donors (Lipinski definition) is 0. The minimum absolute atomic E-state index is 0.972. The molecule has 0 fully saturated rings. The maximum atomic E-state index is 8.89. The Morgan fingerprint density at radius 1 is 0.880 bits per heavy atom. The van der Waals surface area contributed by atoms with Crippen LogP contribution in [0.5, 0.6) is 0 Å². The Hall–Kier alpha value is -1.38. The number of unbranched alkanes of at least 4 members (excludes halogenated alkanes) is 9. The fourth-order valence-electron chi connectivity index (χ4n) is 2.98. The molecule has 0 N–H and O–H groups in total. The SMILES string of the molecule is CC(=O)[O-].CCCCCCCCCCCC[n+]1ccccc1CCC. The molecule has 3 nitrogen and oxygen atoms in total. The molecule has 0 saturated carbocycles. The predicted octanol–water partition coefficient (Wildman–Crippen LogP) is 4.60. The molecule has 0 aliphatic rings. The van der Waals surface area contributed by atoms with Crippen LogP contribution in [0.1, 0.15) is 97.1 Å². The number of aryl methyl sites for hydroxylation is 2. The van der Waals surface area contributed by atoms with E-state index in [1.165, 1.54) is 89.3 Å². The van der Waals surface area contributed by atoms with E-state index in [1.54, 1.807) is 0 Å². The van der Waals surface area contributed by atoms with E-state index in [1.807, 2.05) is 0 Å². The molecular weight excluding hydrogens is 310 g/mol. The number of carbonyl (C=O) groups excluding carboxylic acids is 1. The fraction of sp³-hybridized carbons (Fsp3) is 0.727. The third-order valence-electron chi connectivity index (χ3n) is 4.29. The number of aliphatic carboxylic acids is 1. The summed E-state index contributed by atoms with van der Waals surface area (Å²) in [4.78, 5) is 8.89. The first-order valence-electron chi connectivity index (χ1n) is 10.3. The van der Waals surface area contributed by atoms with E-state index < -0.39 is 5.97 Å². The number of aromatic nitrogens is 1. The molecule has 144 valence electrons. The normalized spacial score (nSPS) is 10.2. The van der Waals surface area contributed by atoms with Gasteiger partial charge in [-0.3, -0.25) is 0 Å². The highest BCUT2D eigenvalue weighted by molar-refractivity contribution is 5.60. The Bertz CT molecular complexity index is 428. The van der Waals surface area contributed by atoms with Gasteiger partial charge in [0.25, 0.3) is 0 Å². The van der Waals surface area contributed by atoms with Crippen molar-refractivity contribution in [2.75, 3.05) is 0 Å². The second kappa shape index (κ2) is 17.4. The summed E-state index contributed by atoms with van der Waals surface area (Å²) < 4.78 is 2.45. The van der Waals surface area contributed by atoms with Gasteiger partial charge in [-0.1, -0.05) is 71.3 Å². The first kappa shape index (κ1) is 23.6. The zero-order valence-corrected chi connectivity index (χ0v) is 16.8. The molecule has 0 spiro atoms. The van der Waals surface area contributed by atoms with Gasteiger partial charge < -0.3 is 9.90 Å². The van der Waals surface area contributed by atoms with Crippen LogP contribution in [0, 0.1) is 0 Å². The number of rotatable bonds is 13. The Labute approximate surface area is 155 Å². The standard InChI is InChI=1S/C20H36N.C2H4O2/c1-3-5-6-7-8-9-10-11-12-14-18-21-19-15-13-17-20(21)16-4-2;1-2(3)4/h13,15,17,19H,3-12,14,16,18H2,1-2H3;1H3,(H,3,4)/q+1;/p-1. The van der Waals surface area contributed by atoms with Gasteiger partial charge in [0.1, 0.15) is 6.54 Å². The lowest BCUT2D eigenvalue weighted by Gasteiger charge is -2.04. The van der Waals surface area contributed by atoms with Gasteiger partial charge in [-0.2, -0.15) is 0 Å². The molecule has 0 unspecified atom stereocenters. The second-order valence-corrected chi connectivity index (χ2v) is 6.81. The molecule has 1 heterocycles. The molecule has 0 aliphatic heterocycles.